The Labute approximate surface area is 158 Å². The molecule has 1 aromatic heterocycles. The lowest BCUT2D eigenvalue weighted by atomic mass is 10.2. The fraction of sp³-hybridized carbons (Fsp3) is 0.389. The van der Waals surface area contributed by atoms with Crippen molar-refractivity contribution in [3.8, 4) is 6.07 Å². The maximum Gasteiger partial charge on any atom is 0.244 e. The molecular weight excluding hydrogens is 370 g/mol. The van der Waals surface area contributed by atoms with Crippen molar-refractivity contribution < 1.29 is 13.2 Å². The Hall–Kier alpha value is -1.76. The summed E-state index contributed by atoms with van der Waals surface area (Å²) in [6.07, 6.45) is 0. The Balaban J connectivity index is 1.63. The Bertz CT molecular complexity index is 894. The Morgan fingerprint density at radius 2 is 1.96 bits per heavy atom. The van der Waals surface area contributed by atoms with Crippen molar-refractivity contribution in [3.63, 3.8) is 0 Å². The van der Waals surface area contributed by atoms with Crippen LogP contribution in [0.1, 0.15) is 16.0 Å². The zero-order valence-electron chi connectivity index (χ0n) is 14.6. The van der Waals surface area contributed by atoms with Crippen LogP contribution >= 0.6 is 11.3 Å². The van der Waals surface area contributed by atoms with Gasteiger partial charge >= 0.3 is 0 Å². The lowest BCUT2D eigenvalue weighted by Crippen LogP contribution is -2.48. The zero-order chi connectivity index (χ0) is 18.6. The van der Waals surface area contributed by atoms with E-state index >= 15 is 0 Å². The van der Waals surface area contributed by atoms with Crippen molar-refractivity contribution in [3.05, 3.63) is 51.7 Å². The highest BCUT2D eigenvalue weighted by Crippen LogP contribution is 2.23. The number of ether oxygens (including phenoxy) is 1. The lowest BCUT2D eigenvalue weighted by Gasteiger charge is -2.33. The van der Waals surface area contributed by atoms with Crippen LogP contribution in [0.5, 0.6) is 0 Å². The third kappa shape index (κ3) is 4.14. The van der Waals surface area contributed by atoms with Gasteiger partial charge in [-0.3, -0.25) is 4.90 Å². The summed E-state index contributed by atoms with van der Waals surface area (Å²) in [4.78, 5) is 3.60. The number of rotatable bonds is 6. The van der Waals surface area contributed by atoms with E-state index in [0.29, 0.717) is 32.8 Å². The van der Waals surface area contributed by atoms with E-state index in [1.807, 2.05) is 6.07 Å². The van der Waals surface area contributed by atoms with Crippen LogP contribution in [0.4, 0.5) is 0 Å². The molecule has 0 saturated carbocycles. The number of hydrogen-bond acceptors (Lipinski definition) is 6. The zero-order valence-corrected chi connectivity index (χ0v) is 16.2. The van der Waals surface area contributed by atoms with Crippen molar-refractivity contribution in [2.75, 3.05) is 33.3 Å². The number of benzene rings is 1. The molecule has 138 valence electrons. The standard InChI is InChI=1S/C18H21N3O3S2/c1-24-13-15-10-17(25-14-15)12-20-6-8-21(9-7-20)26(22,23)18-5-3-2-4-16(18)11-19/h2-5,10,14H,6-9,12-13H2,1H3. The maximum absolute atomic E-state index is 12.9. The molecule has 0 aliphatic carbocycles. The van der Waals surface area contributed by atoms with Gasteiger partial charge in [0.15, 0.2) is 0 Å². The quantitative estimate of drug-likeness (QED) is 0.755. The van der Waals surface area contributed by atoms with Crippen molar-refractivity contribution in [2.45, 2.75) is 18.0 Å². The molecule has 1 aliphatic heterocycles. The van der Waals surface area contributed by atoms with Gasteiger partial charge in [0.2, 0.25) is 10.0 Å². The number of methoxy groups -OCH3 is 1. The van der Waals surface area contributed by atoms with Crippen molar-refractivity contribution in [1.29, 1.82) is 5.26 Å². The van der Waals surface area contributed by atoms with E-state index in [-0.39, 0.29) is 10.5 Å². The third-order valence-corrected chi connectivity index (χ3v) is 7.28. The molecule has 26 heavy (non-hydrogen) atoms. The highest BCUT2D eigenvalue weighted by Gasteiger charge is 2.30. The number of thiophene rings is 1. The first-order chi connectivity index (χ1) is 12.5. The molecule has 1 aromatic carbocycles. The number of nitrogens with zero attached hydrogens (tertiary/aromatic N) is 3. The first kappa shape index (κ1) is 19.0. The summed E-state index contributed by atoms with van der Waals surface area (Å²) in [5, 5.41) is 11.3. The van der Waals surface area contributed by atoms with E-state index in [9.17, 15) is 13.7 Å². The van der Waals surface area contributed by atoms with Crippen LogP contribution in [0.25, 0.3) is 0 Å². The van der Waals surface area contributed by atoms with Gasteiger partial charge in [-0.1, -0.05) is 12.1 Å². The molecule has 3 rings (SSSR count). The van der Waals surface area contributed by atoms with Gasteiger partial charge in [0.05, 0.1) is 17.1 Å². The monoisotopic (exact) mass is 391 g/mol. The van der Waals surface area contributed by atoms with E-state index in [1.165, 1.54) is 26.9 Å². The molecule has 1 fully saturated rings. The predicted molar refractivity (Wildman–Crippen MR) is 100 cm³/mol. The van der Waals surface area contributed by atoms with Gasteiger partial charge in [0.1, 0.15) is 6.07 Å². The normalized spacial score (nSPS) is 16.5. The fourth-order valence-corrected chi connectivity index (χ4v) is 5.50. The van der Waals surface area contributed by atoms with Gasteiger partial charge in [0, 0.05) is 44.7 Å². The Morgan fingerprint density at radius 3 is 2.65 bits per heavy atom. The second-order valence-corrected chi connectivity index (χ2v) is 9.04. The number of nitriles is 1. The molecule has 0 atom stereocenters. The molecule has 6 nitrogen and oxygen atoms in total. The fourth-order valence-electron chi connectivity index (χ4n) is 3.02. The van der Waals surface area contributed by atoms with Crippen molar-refractivity contribution in [1.82, 2.24) is 9.21 Å². The van der Waals surface area contributed by atoms with E-state index in [2.05, 4.69) is 16.3 Å². The molecular formula is C18H21N3O3S2. The van der Waals surface area contributed by atoms with E-state index in [0.717, 1.165) is 6.54 Å². The second kappa shape index (κ2) is 8.29. The molecule has 0 unspecified atom stereocenters. The third-order valence-electron chi connectivity index (χ3n) is 4.36. The minimum Gasteiger partial charge on any atom is -0.380 e. The van der Waals surface area contributed by atoms with Gasteiger partial charge in [-0.25, -0.2) is 8.42 Å². The highest BCUT2D eigenvalue weighted by molar-refractivity contribution is 7.89. The predicted octanol–water partition coefficient (Wildman–Crippen LogP) is 2.27. The summed E-state index contributed by atoms with van der Waals surface area (Å²) < 4.78 is 32.3. The van der Waals surface area contributed by atoms with Crippen LogP contribution in [-0.4, -0.2) is 50.9 Å². The summed E-state index contributed by atoms with van der Waals surface area (Å²) in [6, 6.07) is 10.5. The first-order valence-electron chi connectivity index (χ1n) is 8.31. The molecule has 8 heteroatoms. The van der Waals surface area contributed by atoms with Gasteiger partial charge in [-0.15, -0.1) is 11.3 Å². The van der Waals surface area contributed by atoms with E-state index < -0.39 is 10.0 Å². The lowest BCUT2D eigenvalue weighted by molar-refractivity contribution is 0.181. The maximum atomic E-state index is 12.9. The Kier molecular flexibility index (Phi) is 6.06. The van der Waals surface area contributed by atoms with Crippen molar-refractivity contribution in [2.24, 2.45) is 0 Å². The molecule has 0 amide bonds. The van der Waals surface area contributed by atoms with Crippen LogP contribution in [0.2, 0.25) is 0 Å². The number of piperazine rings is 1. The number of hydrogen-bond donors (Lipinski definition) is 0. The molecule has 0 radical (unpaired) electrons. The van der Waals surface area contributed by atoms with Crippen LogP contribution in [0.15, 0.2) is 40.6 Å². The molecule has 0 bridgehead atoms. The minimum absolute atomic E-state index is 0.0958. The summed E-state index contributed by atoms with van der Waals surface area (Å²) in [5.74, 6) is 0. The average Bonchev–Trinajstić information content (AvgIpc) is 3.09. The molecule has 2 heterocycles. The van der Waals surface area contributed by atoms with E-state index in [1.54, 1.807) is 30.6 Å². The van der Waals surface area contributed by atoms with Crippen molar-refractivity contribution >= 4 is 21.4 Å². The molecule has 1 aliphatic rings. The summed E-state index contributed by atoms with van der Waals surface area (Å²) >= 11 is 1.70. The highest BCUT2D eigenvalue weighted by atomic mass is 32.2. The van der Waals surface area contributed by atoms with Crippen LogP contribution in [0.3, 0.4) is 0 Å². The topological polar surface area (TPSA) is 73.6 Å². The smallest absolute Gasteiger partial charge is 0.244 e. The number of sulfonamides is 1. The largest absolute Gasteiger partial charge is 0.380 e. The van der Waals surface area contributed by atoms with Crippen LogP contribution in [-0.2, 0) is 27.9 Å². The molecule has 2 aromatic rings. The Morgan fingerprint density at radius 1 is 1.23 bits per heavy atom. The first-order valence-corrected chi connectivity index (χ1v) is 10.6. The minimum atomic E-state index is -3.63. The average molecular weight is 392 g/mol. The van der Waals surface area contributed by atoms with Crippen LogP contribution < -0.4 is 0 Å². The molecule has 0 spiro atoms. The van der Waals surface area contributed by atoms with E-state index in [4.69, 9.17) is 4.74 Å². The second-order valence-electron chi connectivity index (χ2n) is 6.14. The molecule has 0 N–H and O–H groups in total. The molecule has 1 saturated heterocycles. The summed E-state index contributed by atoms with van der Waals surface area (Å²) in [7, 11) is -1.95. The summed E-state index contributed by atoms with van der Waals surface area (Å²) in [5.41, 5.74) is 1.36. The van der Waals surface area contributed by atoms with Gasteiger partial charge in [-0.2, -0.15) is 9.57 Å². The van der Waals surface area contributed by atoms with Crippen LogP contribution in [0, 0.1) is 11.3 Å². The SMILES string of the molecule is COCc1csc(CN2CCN(S(=O)(=O)c3ccccc3C#N)CC2)c1. The van der Waals surface area contributed by atoms with Gasteiger partial charge < -0.3 is 4.74 Å². The van der Waals surface area contributed by atoms with Gasteiger partial charge in [0.25, 0.3) is 0 Å². The van der Waals surface area contributed by atoms with Gasteiger partial charge in [-0.05, 0) is 29.1 Å². The summed E-state index contributed by atoms with van der Waals surface area (Å²) in [6.45, 7) is 3.63.